The molecule has 2 N–H and O–H groups in total. The first kappa shape index (κ1) is 23.2. The number of nitrogens with zero attached hydrogens (tertiary/aromatic N) is 2. The van der Waals surface area contributed by atoms with Crippen LogP contribution in [0.5, 0.6) is 5.75 Å². The first-order valence-corrected chi connectivity index (χ1v) is 9.74. The topological polar surface area (TPSA) is 58.1 Å². The Hall–Kier alpha value is -1.13. The number of benzene rings is 1. The fraction of sp³-hybridized carbons (Fsp3) is 0.650. The number of rotatable bonds is 7. The van der Waals surface area contributed by atoms with Crippen LogP contribution in [-0.2, 0) is 4.74 Å². The van der Waals surface area contributed by atoms with Crippen molar-refractivity contribution in [3.05, 3.63) is 29.6 Å². The molecule has 158 valence electrons. The van der Waals surface area contributed by atoms with Gasteiger partial charge in [0.05, 0.1) is 25.4 Å². The molecule has 1 aliphatic carbocycles. The highest BCUT2D eigenvalue weighted by Gasteiger charge is 2.23. The van der Waals surface area contributed by atoms with Crippen LogP contribution in [0.4, 0.5) is 4.39 Å². The molecule has 1 aromatic rings. The molecule has 28 heavy (non-hydrogen) atoms. The number of aliphatic imine (C=N–C) groups is 1. The van der Waals surface area contributed by atoms with E-state index in [4.69, 9.17) is 9.47 Å². The van der Waals surface area contributed by atoms with E-state index >= 15 is 0 Å². The first-order valence-electron chi connectivity index (χ1n) is 9.74. The van der Waals surface area contributed by atoms with Crippen LogP contribution in [0.3, 0.4) is 0 Å². The monoisotopic (exact) mass is 506 g/mol. The maximum atomic E-state index is 14.3. The largest absolute Gasteiger partial charge is 0.490 e. The SMILES string of the molecule is CN=C(NCC1CN(C)CCO1)NC(C)c1ccc(OCC2CC2)c(F)c1.I. The highest BCUT2D eigenvalue weighted by atomic mass is 127. The molecule has 2 atom stereocenters. The van der Waals surface area contributed by atoms with Crippen LogP contribution in [0.2, 0.25) is 0 Å². The summed E-state index contributed by atoms with van der Waals surface area (Å²) in [6.45, 7) is 5.88. The summed E-state index contributed by atoms with van der Waals surface area (Å²) in [4.78, 5) is 6.51. The van der Waals surface area contributed by atoms with Crippen molar-refractivity contribution >= 4 is 29.9 Å². The Morgan fingerprint density at radius 2 is 2.21 bits per heavy atom. The van der Waals surface area contributed by atoms with Gasteiger partial charge < -0.3 is 25.0 Å². The van der Waals surface area contributed by atoms with E-state index in [1.54, 1.807) is 13.1 Å². The number of hydrogen-bond donors (Lipinski definition) is 2. The number of guanidine groups is 1. The summed E-state index contributed by atoms with van der Waals surface area (Å²) >= 11 is 0. The van der Waals surface area contributed by atoms with Crippen molar-refractivity contribution in [3.63, 3.8) is 0 Å². The zero-order valence-electron chi connectivity index (χ0n) is 16.9. The minimum atomic E-state index is -0.316. The van der Waals surface area contributed by atoms with Gasteiger partial charge in [0.2, 0.25) is 0 Å². The molecule has 8 heteroatoms. The molecule has 0 bridgehead atoms. The zero-order chi connectivity index (χ0) is 19.2. The minimum absolute atomic E-state index is 0. The van der Waals surface area contributed by atoms with Gasteiger partial charge in [-0.1, -0.05) is 6.07 Å². The number of nitrogens with one attached hydrogen (secondary N) is 2. The molecule has 1 aliphatic heterocycles. The van der Waals surface area contributed by atoms with Gasteiger partial charge in [0.15, 0.2) is 17.5 Å². The second kappa shape index (κ2) is 11.2. The fourth-order valence-corrected chi connectivity index (χ4v) is 3.08. The van der Waals surface area contributed by atoms with Crippen LogP contribution >= 0.6 is 24.0 Å². The van der Waals surface area contributed by atoms with E-state index < -0.39 is 0 Å². The van der Waals surface area contributed by atoms with Crippen molar-refractivity contribution < 1.29 is 13.9 Å². The van der Waals surface area contributed by atoms with Crippen molar-refractivity contribution in [3.8, 4) is 5.75 Å². The zero-order valence-corrected chi connectivity index (χ0v) is 19.2. The molecule has 0 radical (unpaired) electrons. The second-order valence-electron chi connectivity index (χ2n) is 7.52. The van der Waals surface area contributed by atoms with Crippen LogP contribution in [0.25, 0.3) is 0 Å². The summed E-state index contributed by atoms with van der Waals surface area (Å²) in [5, 5.41) is 6.60. The number of halogens is 2. The third kappa shape index (κ3) is 7.04. The fourth-order valence-electron chi connectivity index (χ4n) is 3.08. The van der Waals surface area contributed by atoms with Gasteiger partial charge in [0.1, 0.15) is 0 Å². The summed E-state index contributed by atoms with van der Waals surface area (Å²) in [7, 11) is 3.82. The third-order valence-corrected chi connectivity index (χ3v) is 5.04. The van der Waals surface area contributed by atoms with Crippen molar-refractivity contribution in [1.82, 2.24) is 15.5 Å². The predicted molar refractivity (Wildman–Crippen MR) is 120 cm³/mol. The predicted octanol–water partition coefficient (Wildman–Crippen LogP) is 2.79. The van der Waals surface area contributed by atoms with Gasteiger partial charge in [-0.05, 0) is 50.4 Å². The molecular weight excluding hydrogens is 474 g/mol. The van der Waals surface area contributed by atoms with Gasteiger partial charge in [-0.2, -0.15) is 0 Å². The minimum Gasteiger partial charge on any atom is -0.490 e. The Kier molecular flexibility index (Phi) is 9.23. The number of hydrogen-bond acceptors (Lipinski definition) is 4. The van der Waals surface area contributed by atoms with Crippen LogP contribution < -0.4 is 15.4 Å². The van der Waals surface area contributed by atoms with Crippen LogP contribution in [-0.4, -0.2) is 63.9 Å². The van der Waals surface area contributed by atoms with E-state index in [1.807, 2.05) is 13.0 Å². The molecule has 3 rings (SSSR count). The highest BCUT2D eigenvalue weighted by Crippen LogP contribution is 2.30. The molecule has 6 nitrogen and oxygen atoms in total. The number of ether oxygens (including phenoxy) is 2. The van der Waals surface area contributed by atoms with Crippen molar-refractivity contribution in [2.45, 2.75) is 31.9 Å². The van der Waals surface area contributed by atoms with Gasteiger partial charge >= 0.3 is 0 Å². The molecule has 2 fully saturated rings. The van der Waals surface area contributed by atoms with Gasteiger partial charge in [0.25, 0.3) is 0 Å². The molecular formula is C20H32FIN4O2. The standard InChI is InChI=1S/C20H31FN4O2.HI/c1-14(16-6-7-19(18(21)10-16)27-13-15-4-5-15)24-20(22-2)23-11-17-12-25(3)8-9-26-17;/h6-7,10,14-15,17H,4-5,8-9,11-13H2,1-3H3,(H2,22,23,24);1H. The smallest absolute Gasteiger partial charge is 0.191 e. The maximum absolute atomic E-state index is 14.3. The molecule has 1 heterocycles. The molecule has 0 spiro atoms. The van der Waals surface area contributed by atoms with E-state index in [0.29, 0.717) is 30.8 Å². The highest BCUT2D eigenvalue weighted by molar-refractivity contribution is 14.0. The van der Waals surface area contributed by atoms with Crippen LogP contribution in [0.15, 0.2) is 23.2 Å². The lowest BCUT2D eigenvalue weighted by molar-refractivity contribution is -0.0161. The summed E-state index contributed by atoms with van der Waals surface area (Å²) in [6, 6.07) is 5.06. The van der Waals surface area contributed by atoms with E-state index in [9.17, 15) is 4.39 Å². The Bertz CT molecular complexity index is 657. The summed E-state index contributed by atoms with van der Waals surface area (Å²) < 4.78 is 25.6. The third-order valence-electron chi connectivity index (χ3n) is 5.04. The van der Waals surface area contributed by atoms with Gasteiger partial charge in [-0.3, -0.25) is 4.99 Å². The quantitative estimate of drug-likeness (QED) is 0.339. The molecule has 1 aromatic carbocycles. The molecule has 2 aliphatic rings. The van der Waals surface area contributed by atoms with Crippen molar-refractivity contribution in [1.29, 1.82) is 0 Å². The Morgan fingerprint density at radius 3 is 2.86 bits per heavy atom. The molecule has 1 saturated carbocycles. The Balaban J connectivity index is 0.00000280. The van der Waals surface area contributed by atoms with Gasteiger partial charge in [0, 0.05) is 26.7 Å². The van der Waals surface area contributed by atoms with E-state index in [0.717, 1.165) is 25.3 Å². The summed E-state index contributed by atoms with van der Waals surface area (Å²) in [5.74, 6) is 1.29. The Morgan fingerprint density at radius 1 is 1.43 bits per heavy atom. The van der Waals surface area contributed by atoms with E-state index in [-0.39, 0.29) is 41.9 Å². The first-order chi connectivity index (χ1) is 13.0. The lowest BCUT2D eigenvalue weighted by Gasteiger charge is -2.30. The number of morpholine rings is 1. The molecule has 0 amide bonds. The van der Waals surface area contributed by atoms with E-state index in [2.05, 4.69) is 27.6 Å². The van der Waals surface area contributed by atoms with Crippen LogP contribution in [0.1, 0.15) is 31.4 Å². The van der Waals surface area contributed by atoms with Gasteiger partial charge in [-0.25, -0.2) is 4.39 Å². The average molecular weight is 506 g/mol. The Labute approximate surface area is 184 Å². The average Bonchev–Trinajstić information content (AvgIpc) is 3.48. The van der Waals surface area contributed by atoms with Crippen LogP contribution in [0, 0.1) is 11.7 Å². The molecule has 0 aromatic heterocycles. The summed E-state index contributed by atoms with van der Waals surface area (Å²) in [5.41, 5.74) is 0.850. The normalized spacial score (nSPS) is 21.6. The van der Waals surface area contributed by atoms with Gasteiger partial charge in [-0.15, -0.1) is 24.0 Å². The number of likely N-dealkylation sites (N-methyl/N-ethyl adjacent to an activating group) is 1. The van der Waals surface area contributed by atoms with E-state index in [1.165, 1.54) is 18.9 Å². The maximum Gasteiger partial charge on any atom is 0.191 e. The molecule has 1 saturated heterocycles. The second-order valence-corrected chi connectivity index (χ2v) is 7.52. The lowest BCUT2D eigenvalue weighted by Crippen LogP contribution is -2.48. The lowest BCUT2D eigenvalue weighted by atomic mass is 10.1. The summed E-state index contributed by atoms with van der Waals surface area (Å²) in [6.07, 6.45) is 2.52. The van der Waals surface area contributed by atoms with Crippen molar-refractivity contribution in [2.75, 3.05) is 46.9 Å². The molecule has 2 unspecified atom stereocenters. The van der Waals surface area contributed by atoms with Crippen molar-refractivity contribution in [2.24, 2.45) is 10.9 Å².